The smallest absolute Gasteiger partial charge is 0.164 e. The van der Waals surface area contributed by atoms with Gasteiger partial charge < -0.3 is 4.57 Å². The number of aromatic nitrogens is 4. The van der Waals surface area contributed by atoms with Crippen LogP contribution in [0.3, 0.4) is 0 Å². The van der Waals surface area contributed by atoms with Crippen LogP contribution in [0.4, 0.5) is 0 Å². The van der Waals surface area contributed by atoms with E-state index in [1.807, 2.05) is 24.3 Å². The first-order valence-corrected chi connectivity index (χ1v) is 21.2. The molecule has 0 unspecified atom stereocenters. The van der Waals surface area contributed by atoms with Gasteiger partial charge in [0.15, 0.2) is 17.5 Å². The molecule has 10 aromatic rings. The van der Waals surface area contributed by atoms with Crippen molar-refractivity contribution in [3.8, 4) is 73.2 Å². The summed E-state index contributed by atoms with van der Waals surface area (Å²) in [5.74, 6) is 1.91. The van der Waals surface area contributed by atoms with Gasteiger partial charge in [-0.3, -0.25) is 0 Å². The molecule has 0 atom stereocenters. The Kier molecular flexibility index (Phi) is 9.46. The second kappa shape index (κ2) is 15.3. The molecule has 11 rings (SSSR count). The predicted octanol–water partition coefficient (Wildman–Crippen LogP) is 14.2. The molecule has 1 aliphatic rings. The van der Waals surface area contributed by atoms with Crippen molar-refractivity contribution < 1.29 is 0 Å². The Morgan fingerprint density at radius 2 is 0.783 bits per heavy atom. The van der Waals surface area contributed by atoms with Crippen LogP contribution in [0.5, 0.6) is 0 Å². The van der Waals surface area contributed by atoms with Crippen LogP contribution in [0.15, 0.2) is 194 Å². The summed E-state index contributed by atoms with van der Waals surface area (Å²) in [5.41, 5.74) is 16.3. The maximum Gasteiger partial charge on any atom is 0.164 e. The van der Waals surface area contributed by atoms with Gasteiger partial charge in [-0.2, -0.15) is 12.6 Å². The Balaban J connectivity index is 0.00000213. The first-order chi connectivity index (χ1) is 29.5. The number of thiol groups is 1. The van der Waals surface area contributed by atoms with Gasteiger partial charge >= 0.3 is 0 Å². The van der Waals surface area contributed by atoms with Gasteiger partial charge in [0.25, 0.3) is 0 Å². The maximum atomic E-state index is 5.15. The minimum absolute atomic E-state index is 0.0732. The van der Waals surface area contributed by atoms with Gasteiger partial charge in [-0.05, 0) is 99.3 Å². The third-order valence-electron chi connectivity index (χ3n) is 11.9. The zero-order valence-electron chi connectivity index (χ0n) is 33.7. The van der Waals surface area contributed by atoms with E-state index in [9.17, 15) is 0 Å². The summed E-state index contributed by atoms with van der Waals surface area (Å²) in [6.45, 7) is 4.68. The number of fused-ring (bicyclic) bond motifs is 6. The number of benzene rings is 8. The summed E-state index contributed by atoms with van der Waals surface area (Å²) in [5, 5.41) is 2.32. The molecule has 8 aromatic carbocycles. The Hall–Kier alpha value is -7.08. The van der Waals surface area contributed by atoms with Crippen LogP contribution in [-0.4, -0.2) is 25.8 Å². The van der Waals surface area contributed by atoms with Crippen LogP contribution in [0.25, 0.3) is 95.0 Å². The molecule has 2 aromatic heterocycles. The van der Waals surface area contributed by atoms with Crippen molar-refractivity contribution >= 4 is 34.4 Å². The van der Waals surface area contributed by atoms with E-state index in [-0.39, 0.29) is 5.41 Å². The highest BCUT2D eigenvalue weighted by Crippen LogP contribution is 2.49. The Labute approximate surface area is 356 Å². The van der Waals surface area contributed by atoms with Crippen LogP contribution in [0.1, 0.15) is 25.0 Å². The Bertz CT molecular complexity index is 3170. The third kappa shape index (κ3) is 6.39. The van der Waals surface area contributed by atoms with Gasteiger partial charge in [0.2, 0.25) is 0 Å². The number of hydrogen-bond donors (Lipinski definition) is 1. The van der Waals surface area contributed by atoms with Crippen molar-refractivity contribution in [1.29, 1.82) is 0 Å². The van der Waals surface area contributed by atoms with Gasteiger partial charge in [0.05, 0.1) is 11.0 Å². The minimum atomic E-state index is -0.0732. The summed E-state index contributed by atoms with van der Waals surface area (Å²) in [6, 6.07) is 69.1. The van der Waals surface area contributed by atoms with Crippen LogP contribution >= 0.6 is 12.6 Å². The lowest BCUT2D eigenvalue weighted by Gasteiger charge is -2.22. The molecule has 0 N–H and O–H groups in total. The van der Waals surface area contributed by atoms with Crippen LogP contribution in [-0.2, 0) is 5.41 Å². The molecule has 5 heteroatoms. The summed E-state index contributed by atoms with van der Waals surface area (Å²) in [6.07, 6.45) is 1.69. The van der Waals surface area contributed by atoms with E-state index in [2.05, 4.69) is 201 Å². The van der Waals surface area contributed by atoms with Gasteiger partial charge in [-0.25, -0.2) is 15.0 Å². The largest absolute Gasteiger partial charge is 0.309 e. The SMILES string of the molecule is CC1(C)c2ccccc2-c2ccc(-c3ccc4c(c3)c3cc(-c5nc(-c6ccccc6)nc(-c6ccc(-c7ccccc7)cc6)n5)ccc3n4-c3ccccc3)cc21.CS. The normalized spacial score (nSPS) is 12.5. The average Bonchev–Trinajstić information content (AvgIpc) is 3.77. The Morgan fingerprint density at radius 3 is 1.43 bits per heavy atom. The van der Waals surface area contributed by atoms with E-state index in [4.69, 9.17) is 15.0 Å². The van der Waals surface area contributed by atoms with Crippen LogP contribution in [0.2, 0.25) is 0 Å². The fourth-order valence-corrected chi connectivity index (χ4v) is 8.87. The van der Waals surface area contributed by atoms with Gasteiger partial charge in [0.1, 0.15) is 0 Å². The molecule has 0 spiro atoms. The maximum absolute atomic E-state index is 5.15. The van der Waals surface area contributed by atoms with E-state index in [1.165, 1.54) is 44.3 Å². The van der Waals surface area contributed by atoms with E-state index in [1.54, 1.807) is 6.26 Å². The topological polar surface area (TPSA) is 43.6 Å². The molecular formula is C55H42N4S. The summed E-state index contributed by atoms with van der Waals surface area (Å²) in [7, 11) is 0. The quantitative estimate of drug-likeness (QED) is 0.171. The number of nitrogens with zero attached hydrogens (tertiary/aromatic N) is 4. The third-order valence-corrected chi connectivity index (χ3v) is 11.9. The summed E-state index contributed by atoms with van der Waals surface area (Å²) in [4.78, 5) is 15.3. The lowest BCUT2D eigenvalue weighted by molar-refractivity contribution is 0.660. The van der Waals surface area contributed by atoms with E-state index < -0.39 is 0 Å². The van der Waals surface area contributed by atoms with Gasteiger partial charge in [-0.15, -0.1) is 0 Å². The van der Waals surface area contributed by atoms with Crippen molar-refractivity contribution in [2.75, 3.05) is 6.26 Å². The van der Waals surface area contributed by atoms with Crippen molar-refractivity contribution in [2.45, 2.75) is 19.3 Å². The monoisotopic (exact) mass is 790 g/mol. The number of rotatable bonds is 6. The van der Waals surface area contributed by atoms with Gasteiger partial charge in [-0.1, -0.05) is 159 Å². The molecule has 1 aliphatic carbocycles. The average molecular weight is 791 g/mol. The van der Waals surface area contributed by atoms with Crippen LogP contribution in [0, 0.1) is 0 Å². The highest BCUT2D eigenvalue weighted by atomic mass is 32.1. The lowest BCUT2D eigenvalue weighted by atomic mass is 9.81. The molecule has 0 amide bonds. The molecule has 0 saturated carbocycles. The second-order valence-electron chi connectivity index (χ2n) is 15.7. The summed E-state index contributed by atoms with van der Waals surface area (Å²) < 4.78 is 2.36. The van der Waals surface area contributed by atoms with E-state index >= 15 is 0 Å². The van der Waals surface area contributed by atoms with Crippen molar-refractivity contribution in [3.63, 3.8) is 0 Å². The second-order valence-corrected chi connectivity index (χ2v) is 15.7. The molecule has 4 nitrogen and oxygen atoms in total. The summed E-state index contributed by atoms with van der Waals surface area (Å²) >= 11 is 3.53. The zero-order chi connectivity index (χ0) is 40.8. The van der Waals surface area contributed by atoms with Crippen molar-refractivity contribution in [3.05, 3.63) is 205 Å². The molecule has 0 fully saturated rings. The fraction of sp³-hybridized carbons (Fsp3) is 0.0727. The molecular weight excluding hydrogens is 749 g/mol. The van der Waals surface area contributed by atoms with E-state index in [0.717, 1.165) is 44.4 Å². The highest BCUT2D eigenvalue weighted by Gasteiger charge is 2.35. The van der Waals surface area contributed by atoms with Crippen molar-refractivity contribution in [1.82, 2.24) is 19.5 Å². The Morgan fingerprint density at radius 1 is 0.367 bits per heavy atom. The molecule has 60 heavy (non-hydrogen) atoms. The predicted molar refractivity (Wildman–Crippen MR) is 254 cm³/mol. The number of hydrogen-bond acceptors (Lipinski definition) is 4. The zero-order valence-corrected chi connectivity index (χ0v) is 34.6. The lowest BCUT2D eigenvalue weighted by Crippen LogP contribution is -2.14. The fourth-order valence-electron chi connectivity index (χ4n) is 8.87. The minimum Gasteiger partial charge on any atom is -0.309 e. The molecule has 0 aliphatic heterocycles. The molecule has 0 bridgehead atoms. The molecule has 0 saturated heterocycles. The highest BCUT2D eigenvalue weighted by molar-refractivity contribution is 7.79. The van der Waals surface area contributed by atoms with Gasteiger partial charge in [0, 0.05) is 38.6 Å². The first-order valence-electron chi connectivity index (χ1n) is 20.3. The van der Waals surface area contributed by atoms with Crippen molar-refractivity contribution in [2.24, 2.45) is 0 Å². The molecule has 2 heterocycles. The molecule has 0 radical (unpaired) electrons. The first kappa shape index (κ1) is 37.2. The number of para-hydroxylation sites is 1. The van der Waals surface area contributed by atoms with Crippen LogP contribution < -0.4 is 0 Å². The van der Waals surface area contributed by atoms with E-state index in [0.29, 0.717) is 17.5 Å². The standard InChI is InChI=1S/C54H38N4.CH4S/c1-54(2)47-21-13-12-20-43(47)44-29-26-40(34-48(44)54)39-27-30-49-45(32-39)46-33-41(28-31-50(46)58(49)42-18-10-5-11-19-42)53-56-51(37-16-8-4-9-17-37)55-52(57-53)38-24-22-36(23-25-38)35-14-6-3-7-15-35;1-2/h3-34H,1-2H3;2H,1H3. The molecule has 288 valence electrons.